The number of hydrogen-bond donors (Lipinski definition) is 2. The molecule has 2 aromatic carbocycles. The van der Waals surface area contributed by atoms with Crippen molar-refractivity contribution in [3.63, 3.8) is 0 Å². The molecule has 0 saturated carbocycles. The molecule has 0 saturated heterocycles. The number of hydrogen-bond acceptors (Lipinski definition) is 4. The summed E-state index contributed by atoms with van der Waals surface area (Å²) in [6.07, 6.45) is -4.99. The van der Waals surface area contributed by atoms with E-state index >= 15 is 0 Å². The number of carbonyl (C=O) groups excluding carboxylic acids is 3. The molecule has 0 fully saturated rings. The molecule has 0 atom stereocenters. The highest BCUT2D eigenvalue weighted by molar-refractivity contribution is 6.05. The second-order valence-corrected chi connectivity index (χ2v) is 5.41. The highest BCUT2D eigenvalue weighted by Crippen LogP contribution is 2.20. The number of halogens is 3. The van der Waals surface area contributed by atoms with E-state index < -0.39 is 30.5 Å². The predicted molar refractivity (Wildman–Crippen MR) is 90.0 cm³/mol. The quantitative estimate of drug-likeness (QED) is 0.617. The first kappa shape index (κ1) is 20.0. The lowest BCUT2D eigenvalue weighted by molar-refractivity contribution is -0.173. The molecule has 27 heavy (non-hydrogen) atoms. The van der Waals surface area contributed by atoms with Crippen molar-refractivity contribution in [3.8, 4) is 5.75 Å². The molecule has 2 N–H and O–H groups in total. The van der Waals surface area contributed by atoms with Crippen molar-refractivity contribution in [1.29, 1.82) is 0 Å². The smallest absolute Gasteiger partial charge is 0.427 e. The zero-order valence-electron chi connectivity index (χ0n) is 14.1. The molecule has 2 rings (SSSR count). The van der Waals surface area contributed by atoms with Gasteiger partial charge in [0.25, 0.3) is 5.91 Å². The Morgan fingerprint density at radius 2 is 1.74 bits per heavy atom. The van der Waals surface area contributed by atoms with Gasteiger partial charge < -0.3 is 15.4 Å². The Labute approximate surface area is 152 Å². The SMILES string of the molecule is CC(=O)Oc1cccc(C(=O)Nc2ccccc2CNC(=O)C(F)(F)F)c1. The number of benzene rings is 2. The summed E-state index contributed by atoms with van der Waals surface area (Å²) < 4.78 is 41.8. The fourth-order valence-electron chi connectivity index (χ4n) is 2.13. The minimum Gasteiger partial charge on any atom is -0.427 e. The summed E-state index contributed by atoms with van der Waals surface area (Å²) in [6, 6.07) is 12.0. The zero-order chi connectivity index (χ0) is 20.0. The van der Waals surface area contributed by atoms with Crippen LogP contribution in [0.25, 0.3) is 0 Å². The number of anilines is 1. The van der Waals surface area contributed by atoms with E-state index in [-0.39, 0.29) is 17.0 Å². The molecule has 142 valence electrons. The summed E-state index contributed by atoms with van der Waals surface area (Å²) in [4.78, 5) is 34.3. The van der Waals surface area contributed by atoms with Crippen LogP contribution in [0.2, 0.25) is 0 Å². The molecule has 0 aliphatic rings. The Morgan fingerprint density at radius 1 is 1.04 bits per heavy atom. The Hall–Kier alpha value is -3.36. The van der Waals surface area contributed by atoms with E-state index in [9.17, 15) is 27.6 Å². The van der Waals surface area contributed by atoms with Crippen molar-refractivity contribution in [2.24, 2.45) is 0 Å². The van der Waals surface area contributed by atoms with E-state index in [1.54, 1.807) is 17.4 Å². The average molecular weight is 380 g/mol. The highest BCUT2D eigenvalue weighted by atomic mass is 19.4. The van der Waals surface area contributed by atoms with Gasteiger partial charge in [-0.3, -0.25) is 14.4 Å². The first-order valence-corrected chi connectivity index (χ1v) is 7.69. The summed E-state index contributed by atoms with van der Waals surface area (Å²) in [5.74, 6) is -2.99. The van der Waals surface area contributed by atoms with Gasteiger partial charge in [0.1, 0.15) is 5.75 Å². The molecular formula is C18H15F3N2O4. The first-order valence-electron chi connectivity index (χ1n) is 7.69. The maximum Gasteiger partial charge on any atom is 0.471 e. The van der Waals surface area contributed by atoms with Gasteiger partial charge >= 0.3 is 18.1 Å². The van der Waals surface area contributed by atoms with Crippen molar-refractivity contribution in [3.05, 3.63) is 59.7 Å². The number of nitrogens with one attached hydrogen (secondary N) is 2. The van der Waals surface area contributed by atoms with Crippen LogP contribution in [0.4, 0.5) is 18.9 Å². The van der Waals surface area contributed by atoms with Gasteiger partial charge in [-0.25, -0.2) is 0 Å². The van der Waals surface area contributed by atoms with Crippen LogP contribution in [0, 0.1) is 0 Å². The van der Waals surface area contributed by atoms with E-state index in [0.29, 0.717) is 5.56 Å². The Kier molecular flexibility index (Phi) is 6.17. The van der Waals surface area contributed by atoms with Gasteiger partial charge in [0, 0.05) is 24.7 Å². The van der Waals surface area contributed by atoms with Crippen LogP contribution < -0.4 is 15.4 Å². The molecule has 0 aliphatic carbocycles. The van der Waals surface area contributed by atoms with Crippen LogP contribution in [0.3, 0.4) is 0 Å². The van der Waals surface area contributed by atoms with Crippen LogP contribution in [-0.4, -0.2) is 24.0 Å². The lowest BCUT2D eigenvalue weighted by Crippen LogP contribution is -2.36. The monoisotopic (exact) mass is 380 g/mol. The number of alkyl halides is 3. The predicted octanol–water partition coefficient (Wildman–Crippen LogP) is 3.04. The van der Waals surface area contributed by atoms with Gasteiger partial charge in [-0.15, -0.1) is 0 Å². The van der Waals surface area contributed by atoms with Crippen molar-refractivity contribution in [2.75, 3.05) is 5.32 Å². The third kappa shape index (κ3) is 5.84. The average Bonchev–Trinajstić information content (AvgIpc) is 2.59. The van der Waals surface area contributed by atoms with Gasteiger partial charge in [0.15, 0.2) is 0 Å². The molecule has 0 spiro atoms. The molecular weight excluding hydrogens is 365 g/mol. The highest BCUT2D eigenvalue weighted by Gasteiger charge is 2.38. The maximum absolute atomic E-state index is 12.4. The molecule has 0 aromatic heterocycles. The molecule has 0 radical (unpaired) electrons. The van der Waals surface area contributed by atoms with Crippen LogP contribution in [-0.2, 0) is 16.1 Å². The lowest BCUT2D eigenvalue weighted by atomic mass is 10.1. The van der Waals surface area contributed by atoms with Crippen LogP contribution >= 0.6 is 0 Å². The molecule has 2 aromatic rings. The van der Waals surface area contributed by atoms with Crippen LogP contribution in [0.1, 0.15) is 22.8 Å². The molecule has 9 heteroatoms. The third-order valence-corrected chi connectivity index (χ3v) is 3.32. The number of amides is 2. The second-order valence-electron chi connectivity index (χ2n) is 5.41. The molecule has 2 amide bonds. The number of rotatable bonds is 5. The Morgan fingerprint density at radius 3 is 2.41 bits per heavy atom. The number of para-hydroxylation sites is 1. The summed E-state index contributed by atoms with van der Waals surface area (Å²) in [6.45, 7) is 0.806. The van der Waals surface area contributed by atoms with Crippen LogP contribution in [0.5, 0.6) is 5.75 Å². The summed E-state index contributed by atoms with van der Waals surface area (Å²) in [5.41, 5.74) is 0.713. The number of esters is 1. The van der Waals surface area contributed by atoms with Gasteiger partial charge in [0.05, 0.1) is 0 Å². The molecule has 0 aliphatic heterocycles. The topological polar surface area (TPSA) is 84.5 Å². The van der Waals surface area contributed by atoms with E-state index in [1.165, 1.54) is 43.3 Å². The van der Waals surface area contributed by atoms with Gasteiger partial charge in [-0.2, -0.15) is 13.2 Å². The standard InChI is InChI=1S/C18H15F3N2O4/c1-11(24)27-14-7-4-6-12(9-14)16(25)23-15-8-3-2-5-13(15)10-22-17(26)18(19,20)21/h2-9H,10H2,1H3,(H,22,26)(H,23,25). The van der Waals surface area contributed by atoms with E-state index in [2.05, 4.69) is 5.32 Å². The van der Waals surface area contributed by atoms with Gasteiger partial charge in [-0.1, -0.05) is 24.3 Å². The molecule has 6 nitrogen and oxygen atoms in total. The van der Waals surface area contributed by atoms with Gasteiger partial charge in [0.2, 0.25) is 0 Å². The fourth-order valence-corrected chi connectivity index (χ4v) is 2.13. The maximum atomic E-state index is 12.4. The normalized spacial score (nSPS) is 10.8. The lowest BCUT2D eigenvalue weighted by Gasteiger charge is -2.13. The van der Waals surface area contributed by atoms with Crippen molar-refractivity contribution in [2.45, 2.75) is 19.6 Å². The van der Waals surface area contributed by atoms with Crippen molar-refractivity contribution >= 4 is 23.5 Å². The Balaban J connectivity index is 2.12. The van der Waals surface area contributed by atoms with E-state index in [1.807, 2.05) is 0 Å². The first-order chi connectivity index (χ1) is 12.7. The molecule has 0 unspecified atom stereocenters. The van der Waals surface area contributed by atoms with Crippen molar-refractivity contribution in [1.82, 2.24) is 5.32 Å². The zero-order valence-corrected chi connectivity index (χ0v) is 14.1. The minimum atomic E-state index is -4.99. The van der Waals surface area contributed by atoms with E-state index in [0.717, 1.165) is 0 Å². The second kappa shape index (κ2) is 8.35. The minimum absolute atomic E-state index is 0.181. The van der Waals surface area contributed by atoms with Gasteiger partial charge in [-0.05, 0) is 29.8 Å². The van der Waals surface area contributed by atoms with Crippen molar-refractivity contribution < 1.29 is 32.3 Å². The Bertz CT molecular complexity index is 866. The third-order valence-electron chi connectivity index (χ3n) is 3.32. The largest absolute Gasteiger partial charge is 0.471 e. The van der Waals surface area contributed by atoms with Crippen LogP contribution in [0.15, 0.2) is 48.5 Å². The summed E-state index contributed by atoms with van der Waals surface area (Å²) >= 11 is 0. The summed E-state index contributed by atoms with van der Waals surface area (Å²) in [5, 5.41) is 4.31. The summed E-state index contributed by atoms with van der Waals surface area (Å²) in [7, 11) is 0. The molecule has 0 bridgehead atoms. The number of carbonyl (C=O) groups is 3. The molecule has 0 heterocycles. The van der Waals surface area contributed by atoms with E-state index in [4.69, 9.17) is 4.74 Å². The fraction of sp³-hybridized carbons (Fsp3) is 0.167. The number of ether oxygens (including phenoxy) is 1.